The number of anilines is 1. The summed E-state index contributed by atoms with van der Waals surface area (Å²) in [5.41, 5.74) is 1.88. The highest BCUT2D eigenvalue weighted by Gasteiger charge is 2.29. The molecule has 2 N–H and O–H groups in total. The van der Waals surface area contributed by atoms with Gasteiger partial charge in [-0.15, -0.1) is 0 Å². The number of hydrogen-bond donors (Lipinski definition) is 2. The number of rotatable bonds is 6. The van der Waals surface area contributed by atoms with Crippen molar-refractivity contribution in [2.45, 2.75) is 25.7 Å². The van der Waals surface area contributed by atoms with E-state index in [-0.39, 0.29) is 30.9 Å². The van der Waals surface area contributed by atoms with Crippen LogP contribution in [0.2, 0.25) is 0 Å². The summed E-state index contributed by atoms with van der Waals surface area (Å²) in [7, 11) is 0. The Morgan fingerprint density at radius 3 is 2.80 bits per heavy atom. The molecule has 3 amide bonds. The van der Waals surface area contributed by atoms with E-state index in [1.165, 1.54) is 4.90 Å². The van der Waals surface area contributed by atoms with Crippen LogP contribution in [-0.2, 0) is 16.0 Å². The summed E-state index contributed by atoms with van der Waals surface area (Å²) in [4.78, 5) is 47.8. The third kappa shape index (κ3) is 4.45. The number of piperidine rings is 1. The molecule has 2 aliphatic heterocycles. The van der Waals surface area contributed by atoms with Crippen LogP contribution in [0.5, 0.6) is 5.75 Å². The van der Waals surface area contributed by atoms with Gasteiger partial charge in [0.15, 0.2) is 6.61 Å². The molecule has 3 heterocycles. The maximum Gasteiger partial charge on any atom is 0.265 e. The number of aromatic nitrogens is 2. The van der Waals surface area contributed by atoms with E-state index in [1.807, 2.05) is 4.90 Å². The van der Waals surface area contributed by atoms with Crippen LogP contribution in [-0.4, -0.2) is 65.4 Å². The van der Waals surface area contributed by atoms with E-state index in [0.29, 0.717) is 30.0 Å². The van der Waals surface area contributed by atoms with Gasteiger partial charge in [0.1, 0.15) is 12.3 Å². The van der Waals surface area contributed by atoms with E-state index in [9.17, 15) is 14.4 Å². The highest BCUT2D eigenvalue weighted by Crippen LogP contribution is 2.33. The standard InChI is InChI=1S/C21H25N5O4/c27-19(23-7-6-16-11-22-14-24-16)12-26-17-10-15(4-5-18(17)30-13-20(26)28)21(29)25-8-2-1-3-9-25/h4-5,10-11,14H,1-3,6-9,12-13H2,(H,22,24)(H,23,27). The molecular formula is C21H25N5O4. The monoisotopic (exact) mass is 411 g/mol. The van der Waals surface area contributed by atoms with Crippen molar-refractivity contribution in [1.29, 1.82) is 0 Å². The molecule has 0 bridgehead atoms. The van der Waals surface area contributed by atoms with E-state index < -0.39 is 0 Å². The van der Waals surface area contributed by atoms with Crippen LogP contribution in [0.25, 0.3) is 0 Å². The van der Waals surface area contributed by atoms with E-state index in [1.54, 1.807) is 30.7 Å². The van der Waals surface area contributed by atoms with Crippen molar-refractivity contribution in [2.24, 2.45) is 0 Å². The normalized spacial score (nSPS) is 16.1. The van der Waals surface area contributed by atoms with Gasteiger partial charge in [0.25, 0.3) is 11.8 Å². The van der Waals surface area contributed by atoms with Crippen LogP contribution in [0.3, 0.4) is 0 Å². The quantitative estimate of drug-likeness (QED) is 0.741. The van der Waals surface area contributed by atoms with Crippen LogP contribution >= 0.6 is 0 Å². The number of likely N-dealkylation sites (tertiary alicyclic amines) is 1. The Morgan fingerprint density at radius 1 is 1.20 bits per heavy atom. The van der Waals surface area contributed by atoms with Gasteiger partial charge in [-0.2, -0.15) is 0 Å². The lowest BCUT2D eigenvalue weighted by molar-refractivity contribution is -0.125. The number of nitrogens with zero attached hydrogens (tertiary/aromatic N) is 3. The molecule has 4 rings (SSSR count). The Hall–Kier alpha value is -3.36. The Labute approximate surface area is 174 Å². The molecule has 30 heavy (non-hydrogen) atoms. The van der Waals surface area contributed by atoms with E-state index in [4.69, 9.17) is 4.74 Å². The number of carbonyl (C=O) groups is 3. The van der Waals surface area contributed by atoms with Crippen LogP contribution < -0.4 is 15.0 Å². The van der Waals surface area contributed by atoms with Crippen molar-refractivity contribution in [2.75, 3.05) is 37.7 Å². The van der Waals surface area contributed by atoms with Gasteiger partial charge in [-0.05, 0) is 37.5 Å². The molecule has 2 aliphatic rings. The molecule has 0 unspecified atom stereocenters. The minimum Gasteiger partial charge on any atom is -0.482 e. The van der Waals surface area contributed by atoms with Gasteiger partial charge in [-0.1, -0.05) is 0 Å². The molecule has 1 aromatic heterocycles. The summed E-state index contributed by atoms with van der Waals surface area (Å²) in [5.74, 6) is -0.146. The molecule has 1 fully saturated rings. The Bertz CT molecular complexity index is 921. The predicted molar refractivity (Wildman–Crippen MR) is 109 cm³/mol. The van der Waals surface area contributed by atoms with Crippen LogP contribution in [0, 0.1) is 0 Å². The first-order chi connectivity index (χ1) is 14.6. The summed E-state index contributed by atoms with van der Waals surface area (Å²) in [5, 5.41) is 2.81. The van der Waals surface area contributed by atoms with Crippen molar-refractivity contribution >= 4 is 23.4 Å². The van der Waals surface area contributed by atoms with Crippen molar-refractivity contribution in [1.82, 2.24) is 20.2 Å². The van der Waals surface area contributed by atoms with Crippen LogP contribution in [0.1, 0.15) is 35.3 Å². The average molecular weight is 411 g/mol. The second kappa shape index (κ2) is 8.98. The van der Waals surface area contributed by atoms with E-state index in [2.05, 4.69) is 15.3 Å². The number of carbonyl (C=O) groups excluding carboxylic acids is 3. The number of nitrogens with one attached hydrogen (secondary N) is 2. The van der Waals surface area contributed by atoms with E-state index in [0.717, 1.165) is 38.0 Å². The summed E-state index contributed by atoms with van der Waals surface area (Å²) >= 11 is 0. The maximum absolute atomic E-state index is 12.8. The van der Waals surface area contributed by atoms with Crippen molar-refractivity contribution in [3.63, 3.8) is 0 Å². The van der Waals surface area contributed by atoms with E-state index >= 15 is 0 Å². The molecule has 0 saturated carbocycles. The van der Waals surface area contributed by atoms with Crippen molar-refractivity contribution in [3.05, 3.63) is 42.0 Å². The van der Waals surface area contributed by atoms with Gasteiger partial charge >= 0.3 is 0 Å². The molecular weight excluding hydrogens is 386 g/mol. The molecule has 1 aromatic carbocycles. The number of benzene rings is 1. The van der Waals surface area contributed by atoms with Gasteiger partial charge < -0.3 is 19.9 Å². The SMILES string of the molecule is O=C(CN1C(=O)COc2ccc(C(=O)N3CCCCC3)cc21)NCCc1cnc[nH]1. The zero-order chi connectivity index (χ0) is 20.9. The smallest absolute Gasteiger partial charge is 0.265 e. The fourth-order valence-corrected chi connectivity index (χ4v) is 3.75. The highest BCUT2D eigenvalue weighted by molar-refractivity contribution is 6.04. The fraction of sp³-hybridized carbons (Fsp3) is 0.429. The molecule has 0 atom stereocenters. The summed E-state index contributed by atoms with van der Waals surface area (Å²) in [6.07, 6.45) is 7.05. The predicted octanol–water partition coefficient (Wildman–Crippen LogP) is 1.12. The molecule has 0 spiro atoms. The highest BCUT2D eigenvalue weighted by atomic mass is 16.5. The first-order valence-corrected chi connectivity index (χ1v) is 10.2. The average Bonchev–Trinajstić information content (AvgIpc) is 3.29. The molecule has 0 aliphatic carbocycles. The third-order valence-electron chi connectivity index (χ3n) is 5.37. The molecule has 1 saturated heterocycles. The topological polar surface area (TPSA) is 108 Å². The fourth-order valence-electron chi connectivity index (χ4n) is 3.75. The number of hydrogen-bond acceptors (Lipinski definition) is 5. The second-order valence-corrected chi connectivity index (χ2v) is 7.48. The molecule has 2 aromatic rings. The first kappa shape index (κ1) is 19.9. The lowest BCUT2D eigenvalue weighted by Gasteiger charge is -2.30. The van der Waals surface area contributed by atoms with Gasteiger partial charge in [0, 0.05) is 43.5 Å². The molecule has 9 nitrogen and oxygen atoms in total. The maximum atomic E-state index is 12.8. The second-order valence-electron chi connectivity index (χ2n) is 7.48. The number of aromatic amines is 1. The minimum atomic E-state index is -0.311. The summed E-state index contributed by atoms with van der Waals surface area (Å²) < 4.78 is 5.50. The van der Waals surface area contributed by atoms with Crippen LogP contribution in [0.4, 0.5) is 5.69 Å². The molecule has 0 radical (unpaired) electrons. The Balaban J connectivity index is 1.44. The van der Waals surface area contributed by atoms with Gasteiger partial charge in [0.2, 0.25) is 5.91 Å². The van der Waals surface area contributed by atoms with Gasteiger partial charge in [-0.3, -0.25) is 19.3 Å². The number of H-pyrrole nitrogens is 1. The summed E-state index contributed by atoms with van der Waals surface area (Å²) in [6.45, 7) is 1.66. The van der Waals surface area contributed by atoms with Gasteiger partial charge in [-0.25, -0.2) is 4.98 Å². The number of fused-ring (bicyclic) bond motifs is 1. The number of imidazole rings is 1. The third-order valence-corrected chi connectivity index (χ3v) is 5.37. The number of amides is 3. The molecule has 158 valence electrons. The Kier molecular flexibility index (Phi) is 5.97. The first-order valence-electron chi connectivity index (χ1n) is 10.2. The lowest BCUT2D eigenvalue weighted by Crippen LogP contribution is -2.45. The molecule has 9 heteroatoms. The van der Waals surface area contributed by atoms with Gasteiger partial charge in [0.05, 0.1) is 12.0 Å². The van der Waals surface area contributed by atoms with Crippen molar-refractivity contribution in [3.8, 4) is 5.75 Å². The zero-order valence-corrected chi connectivity index (χ0v) is 16.7. The summed E-state index contributed by atoms with van der Waals surface area (Å²) in [6, 6.07) is 5.07. The van der Waals surface area contributed by atoms with Crippen molar-refractivity contribution < 1.29 is 19.1 Å². The number of ether oxygens (including phenoxy) is 1. The minimum absolute atomic E-state index is 0.0560. The largest absolute Gasteiger partial charge is 0.482 e. The lowest BCUT2D eigenvalue weighted by atomic mass is 10.1. The Morgan fingerprint density at radius 2 is 2.03 bits per heavy atom. The van der Waals surface area contributed by atoms with Crippen LogP contribution in [0.15, 0.2) is 30.7 Å². The zero-order valence-electron chi connectivity index (χ0n) is 16.7.